The molecule has 1 heterocycles. The minimum atomic E-state index is -0.620. The predicted octanol–water partition coefficient (Wildman–Crippen LogP) is 2.61. The first kappa shape index (κ1) is 17.4. The second kappa shape index (κ2) is 7.64. The summed E-state index contributed by atoms with van der Waals surface area (Å²) in [5, 5.41) is 11.7. The lowest BCUT2D eigenvalue weighted by molar-refractivity contribution is -0.128. The normalized spacial score (nSPS) is 21.2. The highest BCUT2D eigenvalue weighted by Gasteiger charge is 2.32. The minimum Gasteiger partial charge on any atom is -0.347 e. The monoisotopic (exact) mass is 343 g/mol. The molecule has 1 aliphatic carbocycles. The molecule has 0 aromatic heterocycles. The van der Waals surface area contributed by atoms with Gasteiger partial charge >= 0.3 is 0 Å². The Morgan fingerprint density at radius 2 is 2.04 bits per heavy atom. The van der Waals surface area contributed by atoms with Gasteiger partial charge in [-0.3, -0.25) is 9.59 Å². The highest BCUT2D eigenvalue weighted by Crippen LogP contribution is 2.26. The fourth-order valence-corrected chi connectivity index (χ4v) is 3.78. The standard InChI is InChI=1S/C19H22FN3O2/c20-16-7-14(10-21)6-15(8-16)19(25)22-17-9-18(24)23(12-17)11-13-4-2-1-3-5-13/h6-8,13,17H,1-5,9,11-12H2,(H,22,25)/t17-/m0/s1. The number of nitriles is 1. The van der Waals surface area contributed by atoms with Crippen LogP contribution in [0, 0.1) is 23.1 Å². The van der Waals surface area contributed by atoms with Gasteiger partial charge in [0.05, 0.1) is 17.7 Å². The maximum Gasteiger partial charge on any atom is 0.251 e. The first-order valence-corrected chi connectivity index (χ1v) is 8.84. The second-order valence-electron chi connectivity index (χ2n) is 7.02. The van der Waals surface area contributed by atoms with E-state index in [0.29, 0.717) is 12.5 Å². The predicted molar refractivity (Wildman–Crippen MR) is 90.1 cm³/mol. The molecule has 0 radical (unpaired) electrons. The van der Waals surface area contributed by atoms with Crippen molar-refractivity contribution < 1.29 is 14.0 Å². The van der Waals surface area contributed by atoms with Gasteiger partial charge in [-0.05, 0) is 37.0 Å². The molecule has 1 aliphatic heterocycles. The summed E-state index contributed by atoms with van der Waals surface area (Å²) in [5.41, 5.74) is 0.210. The van der Waals surface area contributed by atoms with E-state index in [4.69, 9.17) is 5.26 Å². The van der Waals surface area contributed by atoms with Gasteiger partial charge in [-0.15, -0.1) is 0 Å². The smallest absolute Gasteiger partial charge is 0.251 e. The van der Waals surface area contributed by atoms with E-state index in [9.17, 15) is 14.0 Å². The van der Waals surface area contributed by atoms with E-state index in [0.717, 1.165) is 18.7 Å². The first-order valence-electron chi connectivity index (χ1n) is 8.84. The van der Waals surface area contributed by atoms with Crippen molar-refractivity contribution in [1.29, 1.82) is 5.26 Å². The maximum atomic E-state index is 13.5. The van der Waals surface area contributed by atoms with Crippen molar-refractivity contribution in [3.05, 3.63) is 35.1 Å². The van der Waals surface area contributed by atoms with Gasteiger partial charge in [-0.1, -0.05) is 19.3 Å². The molecule has 5 nitrogen and oxygen atoms in total. The van der Waals surface area contributed by atoms with Crippen LogP contribution in [0.3, 0.4) is 0 Å². The molecular weight excluding hydrogens is 321 g/mol. The van der Waals surface area contributed by atoms with Crippen LogP contribution in [0.1, 0.15) is 54.4 Å². The highest BCUT2D eigenvalue weighted by molar-refractivity contribution is 5.95. The van der Waals surface area contributed by atoms with Gasteiger partial charge in [-0.2, -0.15) is 5.26 Å². The van der Waals surface area contributed by atoms with Gasteiger partial charge < -0.3 is 10.2 Å². The number of hydrogen-bond acceptors (Lipinski definition) is 3. The van der Waals surface area contributed by atoms with E-state index in [1.165, 1.54) is 38.2 Å². The lowest BCUT2D eigenvalue weighted by Crippen LogP contribution is -2.38. The van der Waals surface area contributed by atoms with Gasteiger partial charge in [0.1, 0.15) is 5.82 Å². The zero-order chi connectivity index (χ0) is 17.8. The number of hydrogen-bond donors (Lipinski definition) is 1. The molecule has 2 fully saturated rings. The fraction of sp³-hybridized carbons (Fsp3) is 0.526. The number of carbonyl (C=O) groups is 2. The van der Waals surface area contributed by atoms with E-state index < -0.39 is 11.7 Å². The molecule has 132 valence electrons. The van der Waals surface area contributed by atoms with Gasteiger partial charge in [0.25, 0.3) is 5.91 Å². The number of benzene rings is 1. The summed E-state index contributed by atoms with van der Waals surface area (Å²) in [4.78, 5) is 26.4. The Hall–Kier alpha value is -2.42. The zero-order valence-electron chi connectivity index (χ0n) is 14.1. The van der Waals surface area contributed by atoms with Crippen molar-refractivity contribution >= 4 is 11.8 Å². The molecule has 1 aromatic rings. The van der Waals surface area contributed by atoms with Crippen LogP contribution in [0.25, 0.3) is 0 Å². The summed E-state index contributed by atoms with van der Waals surface area (Å²) in [6.45, 7) is 1.27. The Morgan fingerprint density at radius 1 is 1.28 bits per heavy atom. The van der Waals surface area contributed by atoms with Crippen molar-refractivity contribution in [2.75, 3.05) is 13.1 Å². The molecule has 6 heteroatoms. The Labute approximate surface area is 146 Å². The molecule has 2 amide bonds. The van der Waals surface area contributed by atoms with Crippen molar-refractivity contribution in [3.63, 3.8) is 0 Å². The topological polar surface area (TPSA) is 73.2 Å². The molecule has 2 aliphatic rings. The number of likely N-dealkylation sites (tertiary alicyclic amines) is 1. The van der Waals surface area contributed by atoms with Crippen LogP contribution in [0.4, 0.5) is 4.39 Å². The average molecular weight is 343 g/mol. The first-order chi connectivity index (χ1) is 12.0. The Balaban J connectivity index is 1.58. The molecule has 3 rings (SSSR count). The molecule has 0 unspecified atom stereocenters. The van der Waals surface area contributed by atoms with Gasteiger partial charge in [0.2, 0.25) is 5.91 Å². The molecule has 1 saturated carbocycles. The largest absolute Gasteiger partial charge is 0.347 e. The quantitative estimate of drug-likeness (QED) is 0.913. The molecule has 1 saturated heterocycles. The highest BCUT2D eigenvalue weighted by atomic mass is 19.1. The van der Waals surface area contributed by atoms with E-state index in [1.807, 2.05) is 11.0 Å². The molecule has 0 spiro atoms. The summed E-state index contributed by atoms with van der Waals surface area (Å²) >= 11 is 0. The SMILES string of the molecule is N#Cc1cc(F)cc(C(=O)N[C@H]2CC(=O)N(CC3CCCCC3)C2)c1. The van der Waals surface area contributed by atoms with Crippen molar-refractivity contribution in [1.82, 2.24) is 10.2 Å². The summed E-state index contributed by atoms with van der Waals surface area (Å²) in [6.07, 6.45) is 6.35. The van der Waals surface area contributed by atoms with Crippen molar-refractivity contribution in [2.45, 2.75) is 44.6 Å². The van der Waals surface area contributed by atoms with Crippen LogP contribution < -0.4 is 5.32 Å². The third-order valence-corrected chi connectivity index (χ3v) is 5.04. The summed E-state index contributed by atoms with van der Waals surface area (Å²) in [6, 6.07) is 5.11. The number of nitrogens with one attached hydrogen (secondary N) is 1. The molecular formula is C19H22FN3O2. The average Bonchev–Trinajstić information content (AvgIpc) is 2.94. The molecule has 1 atom stereocenters. The lowest BCUT2D eigenvalue weighted by Gasteiger charge is -2.27. The minimum absolute atomic E-state index is 0.0628. The van der Waals surface area contributed by atoms with Gasteiger partial charge in [-0.25, -0.2) is 4.39 Å². The molecule has 25 heavy (non-hydrogen) atoms. The molecule has 0 bridgehead atoms. The van der Waals surface area contributed by atoms with Crippen molar-refractivity contribution in [2.24, 2.45) is 5.92 Å². The summed E-state index contributed by atoms with van der Waals surface area (Å²) in [5.74, 6) is -0.444. The van der Waals surface area contributed by atoms with Crippen LogP contribution in [-0.4, -0.2) is 35.8 Å². The van der Waals surface area contributed by atoms with Gasteiger partial charge in [0.15, 0.2) is 0 Å². The van der Waals surface area contributed by atoms with E-state index in [-0.39, 0.29) is 29.5 Å². The summed E-state index contributed by atoms with van der Waals surface area (Å²) < 4.78 is 13.5. The second-order valence-corrected chi connectivity index (χ2v) is 7.02. The molecule has 1 aromatic carbocycles. The Morgan fingerprint density at radius 3 is 2.76 bits per heavy atom. The van der Waals surface area contributed by atoms with Crippen LogP contribution in [-0.2, 0) is 4.79 Å². The zero-order valence-corrected chi connectivity index (χ0v) is 14.1. The van der Waals surface area contributed by atoms with Crippen LogP contribution in [0.5, 0.6) is 0 Å². The third-order valence-electron chi connectivity index (χ3n) is 5.04. The van der Waals surface area contributed by atoms with Crippen LogP contribution in [0.15, 0.2) is 18.2 Å². The maximum absolute atomic E-state index is 13.5. The molecule has 1 N–H and O–H groups in total. The number of halogens is 1. The Bertz CT molecular complexity index is 707. The lowest BCUT2D eigenvalue weighted by atomic mass is 9.89. The van der Waals surface area contributed by atoms with Crippen molar-refractivity contribution in [3.8, 4) is 6.07 Å². The number of nitrogens with zero attached hydrogens (tertiary/aromatic N) is 2. The Kier molecular flexibility index (Phi) is 5.32. The summed E-state index contributed by atoms with van der Waals surface area (Å²) in [7, 11) is 0. The number of rotatable bonds is 4. The van der Waals surface area contributed by atoms with E-state index in [2.05, 4.69) is 5.32 Å². The number of amides is 2. The number of carbonyl (C=O) groups excluding carboxylic acids is 2. The fourth-order valence-electron chi connectivity index (χ4n) is 3.78. The third kappa shape index (κ3) is 4.36. The van der Waals surface area contributed by atoms with E-state index >= 15 is 0 Å². The van der Waals surface area contributed by atoms with Crippen LogP contribution in [0.2, 0.25) is 0 Å². The van der Waals surface area contributed by atoms with Gasteiger partial charge in [0, 0.05) is 25.1 Å². The van der Waals surface area contributed by atoms with E-state index in [1.54, 1.807) is 0 Å². The van der Waals surface area contributed by atoms with Crippen LogP contribution >= 0.6 is 0 Å².